The van der Waals surface area contributed by atoms with Crippen LogP contribution in [0.25, 0.3) is 0 Å². The minimum absolute atomic E-state index is 0.116. The largest absolute Gasteiger partial charge is 0.508 e. The average Bonchev–Trinajstić information content (AvgIpc) is 3.06. The molecule has 7 heteroatoms. The number of phenols is 1. The standard InChI is InChI=1S/C24H34O7/c1-24-7-6-13-12-3-2-11(26)8-14(12)16(9-15(13)17(24)4-5-19(24)27)23-22(30)21(29)20(28)18(10-25)31-23/h2-3,8,13,15-23,25-30H,4-7,9-10H2,1H3/t13-,15-,16?,17+,18-,19?,20-,21+,22-,23?,24+/m1/s1. The Hall–Kier alpha value is -1.22. The van der Waals surface area contributed by atoms with Crippen molar-refractivity contribution in [3.05, 3.63) is 29.3 Å². The molecule has 0 spiro atoms. The molecule has 11 atom stereocenters. The van der Waals surface area contributed by atoms with Crippen LogP contribution >= 0.6 is 0 Å². The summed E-state index contributed by atoms with van der Waals surface area (Å²) in [6.45, 7) is 1.74. The normalized spacial score (nSPS) is 49.2. The Balaban J connectivity index is 1.56. The summed E-state index contributed by atoms with van der Waals surface area (Å²) in [6.07, 6.45) is -1.77. The van der Waals surface area contributed by atoms with Crippen molar-refractivity contribution in [2.45, 2.75) is 87.5 Å². The molecule has 0 aromatic heterocycles. The van der Waals surface area contributed by atoms with E-state index in [-0.39, 0.29) is 23.2 Å². The lowest BCUT2D eigenvalue weighted by Gasteiger charge is -2.53. The monoisotopic (exact) mass is 434 g/mol. The van der Waals surface area contributed by atoms with Crippen LogP contribution < -0.4 is 0 Å². The van der Waals surface area contributed by atoms with Crippen LogP contribution in [0.4, 0.5) is 0 Å². The third kappa shape index (κ3) is 3.16. The zero-order chi connectivity index (χ0) is 22.1. The summed E-state index contributed by atoms with van der Waals surface area (Å²) in [4.78, 5) is 0. The zero-order valence-corrected chi connectivity index (χ0v) is 17.8. The van der Waals surface area contributed by atoms with Crippen LogP contribution in [-0.2, 0) is 4.74 Å². The Morgan fingerprint density at radius 2 is 1.74 bits per heavy atom. The number of aliphatic hydroxyl groups is 5. The van der Waals surface area contributed by atoms with E-state index in [4.69, 9.17) is 4.74 Å². The number of aromatic hydroxyl groups is 1. The second kappa shape index (κ2) is 7.68. The predicted octanol–water partition coefficient (Wildman–Crippen LogP) is 0.993. The minimum Gasteiger partial charge on any atom is -0.508 e. The summed E-state index contributed by atoms with van der Waals surface area (Å²) in [5.41, 5.74) is 1.93. The lowest BCUT2D eigenvalue weighted by Crippen LogP contribution is -2.60. The molecule has 3 fully saturated rings. The van der Waals surface area contributed by atoms with Crippen LogP contribution in [0.1, 0.15) is 62.0 Å². The predicted molar refractivity (Wildman–Crippen MR) is 112 cm³/mol. The molecule has 1 aliphatic heterocycles. The molecule has 6 N–H and O–H groups in total. The fraction of sp³-hybridized carbons (Fsp3) is 0.750. The number of benzene rings is 1. The molecule has 1 saturated heterocycles. The van der Waals surface area contributed by atoms with E-state index in [0.29, 0.717) is 24.2 Å². The summed E-state index contributed by atoms with van der Waals surface area (Å²) in [7, 11) is 0. The SMILES string of the molecule is C[C@]12CC[C@@H]3c4ccc(O)cc4C(C4O[C@H](CO)[C@@H](O)[C@H](O)[C@H]4O)C[C@H]3[C@@H]1CCC2O. The van der Waals surface area contributed by atoms with Crippen LogP contribution in [0.15, 0.2) is 18.2 Å². The van der Waals surface area contributed by atoms with Gasteiger partial charge in [0.25, 0.3) is 0 Å². The van der Waals surface area contributed by atoms with Gasteiger partial charge in [0.05, 0.1) is 18.8 Å². The fourth-order valence-electron chi connectivity index (χ4n) is 7.39. The molecule has 0 amide bonds. The smallest absolute Gasteiger partial charge is 0.115 e. The lowest BCUT2D eigenvalue weighted by atomic mass is 9.53. The average molecular weight is 435 g/mol. The van der Waals surface area contributed by atoms with Crippen molar-refractivity contribution in [1.29, 1.82) is 0 Å². The van der Waals surface area contributed by atoms with Gasteiger partial charge >= 0.3 is 0 Å². The summed E-state index contributed by atoms with van der Waals surface area (Å²) in [5.74, 6) is 0.819. The summed E-state index contributed by atoms with van der Waals surface area (Å²) >= 11 is 0. The summed E-state index contributed by atoms with van der Waals surface area (Å²) in [6, 6.07) is 5.39. The van der Waals surface area contributed by atoms with Gasteiger partial charge < -0.3 is 35.4 Å². The molecule has 4 aliphatic rings. The highest BCUT2D eigenvalue weighted by atomic mass is 16.5. The van der Waals surface area contributed by atoms with Crippen molar-refractivity contribution in [1.82, 2.24) is 0 Å². The van der Waals surface area contributed by atoms with Gasteiger partial charge in [-0.2, -0.15) is 0 Å². The van der Waals surface area contributed by atoms with Gasteiger partial charge in [-0.1, -0.05) is 13.0 Å². The first kappa shape index (κ1) is 21.6. The van der Waals surface area contributed by atoms with E-state index in [1.807, 2.05) is 6.07 Å². The van der Waals surface area contributed by atoms with Crippen molar-refractivity contribution in [3.8, 4) is 5.75 Å². The van der Waals surface area contributed by atoms with Crippen molar-refractivity contribution in [2.24, 2.45) is 17.3 Å². The maximum atomic E-state index is 10.8. The van der Waals surface area contributed by atoms with E-state index in [2.05, 4.69) is 6.92 Å². The zero-order valence-electron chi connectivity index (χ0n) is 17.8. The first-order chi connectivity index (χ1) is 14.8. The number of aliphatic hydroxyl groups excluding tert-OH is 5. The van der Waals surface area contributed by atoms with Crippen LogP contribution in [-0.4, -0.2) is 73.9 Å². The Kier molecular flexibility index (Phi) is 5.35. The molecule has 1 aromatic carbocycles. The van der Waals surface area contributed by atoms with Crippen molar-refractivity contribution < 1.29 is 35.4 Å². The quantitative estimate of drug-likeness (QED) is 0.409. The molecule has 0 radical (unpaired) electrons. The van der Waals surface area contributed by atoms with Crippen LogP contribution in [0.2, 0.25) is 0 Å². The topological polar surface area (TPSA) is 131 Å². The van der Waals surface area contributed by atoms with E-state index in [0.717, 1.165) is 36.8 Å². The molecule has 3 unspecified atom stereocenters. The van der Waals surface area contributed by atoms with E-state index in [1.165, 1.54) is 0 Å². The van der Waals surface area contributed by atoms with Gasteiger partial charge in [0, 0.05) is 5.92 Å². The maximum Gasteiger partial charge on any atom is 0.115 e. The highest BCUT2D eigenvalue weighted by Gasteiger charge is 2.57. The number of hydrogen-bond acceptors (Lipinski definition) is 7. The number of fused-ring (bicyclic) bond motifs is 5. The third-order valence-electron chi connectivity index (χ3n) is 9.11. The van der Waals surface area contributed by atoms with E-state index in [1.54, 1.807) is 12.1 Å². The fourth-order valence-corrected chi connectivity index (χ4v) is 7.39. The Bertz CT molecular complexity index is 828. The molecule has 2 saturated carbocycles. The maximum absolute atomic E-state index is 10.8. The molecule has 0 bridgehead atoms. The molecule has 5 rings (SSSR count). The lowest BCUT2D eigenvalue weighted by molar-refractivity contribution is -0.236. The van der Waals surface area contributed by atoms with Gasteiger partial charge in [0.1, 0.15) is 30.2 Å². The van der Waals surface area contributed by atoms with Crippen molar-refractivity contribution in [3.63, 3.8) is 0 Å². The molecule has 31 heavy (non-hydrogen) atoms. The van der Waals surface area contributed by atoms with Gasteiger partial charge in [0.15, 0.2) is 0 Å². The van der Waals surface area contributed by atoms with Gasteiger partial charge in [-0.05, 0) is 78.5 Å². The second-order valence-electron chi connectivity index (χ2n) is 10.5. The molecule has 1 aromatic rings. The molecule has 7 nitrogen and oxygen atoms in total. The number of hydrogen-bond donors (Lipinski definition) is 6. The first-order valence-electron chi connectivity index (χ1n) is 11.6. The highest BCUT2D eigenvalue weighted by molar-refractivity contribution is 5.43. The molecule has 3 aliphatic carbocycles. The Labute approximate surface area is 182 Å². The summed E-state index contributed by atoms with van der Waals surface area (Å²) in [5, 5.41) is 62.0. The van der Waals surface area contributed by atoms with Gasteiger partial charge in [0.2, 0.25) is 0 Å². The number of phenolic OH excluding ortho intramolecular Hbond substituents is 1. The van der Waals surface area contributed by atoms with Crippen LogP contribution in [0, 0.1) is 17.3 Å². The van der Waals surface area contributed by atoms with Crippen LogP contribution in [0.3, 0.4) is 0 Å². The van der Waals surface area contributed by atoms with Crippen LogP contribution in [0.5, 0.6) is 5.75 Å². The molecular weight excluding hydrogens is 400 g/mol. The molecule has 172 valence electrons. The van der Waals surface area contributed by atoms with Gasteiger partial charge in [-0.3, -0.25) is 0 Å². The van der Waals surface area contributed by atoms with Gasteiger partial charge in [-0.25, -0.2) is 0 Å². The number of ether oxygens (including phenoxy) is 1. The van der Waals surface area contributed by atoms with E-state index >= 15 is 0 Å². The Morgan fingerprint density at radius 3 is 2.48 bits per heavy atom. The van der Waals surface area contributed by atoms with E-state index < -0.39 is 37.1 Å². The van der Waals surface area contributed by atoms with E-state index in [9.17, 15) is 30.6 Å². The minimum atomic E-state index is -1.42. The highest BCUT2D eigenvalue weighted by Crippen LogP contribution is 2.63. The Morgan fingerprint density at radius 1 is 0.968 bits per heavy atom. The first-order valence-corrected chi connectivity index (χ1v) is 11.6. The van der Waals surface area contributed by atoms with Gasteiger partial charge in [-0.15, -0.1) is 0 Å². The summed E-state index contributed by atoms with van der Waals surface area (Å²) < 4.78 is 5.96. The second-order valence-corrected chi connectivity index (χ2v) is 10.5. The third-order valence-corrected chi connectivity index (χ3v) is 9.11. The molecule has 1 heterocycles. The molecular formula is C24H34O7. The number of rotatable bonds is 2. The van der Waals surface area contributed by atoms with Crippen molar-refractivity contribution in [2.75, 3.05) is 6.61 Å². The van der Waals surface area contributed by atoms with Crippen molar-refractivity contribution >= 4 is 0 Å².